The summed E-state index contributed by atoms with van der Waals surface area (Å²) in [4.78, 5) is 30.5. The van der Waals surface area contributed by atoms with Gasteiger partial charge in [-0.3, -0.25) is 9.59 Å². The number of para-hydroxylation sites is 1. The number of carboxylic acid groups (broad SMARTS) is 3. The van der Waals surface area contributed by atoms with Gasteiger partial charge in [-0.2, -0.15) is 0 Å². The van der Waals surface area contributed by atoms with Crippen molar-refractivity contribution in [3.8, 4) is 0 Å². The van der Waals surface area contributed by atoms with Crippen LogP contribution in [-0.2, 0) is 20.8 Å². The normalized spacial score (nSPS) is 10.4. The summed E-state index contributed by atoms with van der Waals surface area (Å²) >= 11 is 0. The number of benzene rings is 2. The Bertz CT molecular complexity index is 774. The molecule has 27 heavy (non-hydrogen) atoms. The fraction of sp³-hybridized carbons (Fsp3) is 0.211. The topological polar surface area (TPSA) is 158 Å². The summed E-state index contributed by atoms with van der Waals surface area (Å²) in [5.41, 5.74) is 6.49. The van der Waals surface area contributed by atoms with Gasteiger partial charge in [-0.15, -0.1) is 0 Å². The van der Waals surface area contributed by atoms with Crippen molar-refractivity contribution in [2.75, 3.05) is 5.73 Å². The van der Waals surface area contributed by atoms with Crippen LogP contribution in [0.4, 0.5) is 5.69 Å². The molecule has 8 heteroatoms. The first-order chi connectivity index (χ1) is 12.6. The minimum Gasteiger partial charge on any atom is -0.481 e. The molecule has 0 atom stereocenters. The highest BCUT2D eigenvalue weighted by atomic mass is 16.4. The van der Waals surface area contributed by atoms with Crippen molar-refractivity contribution in [2.24, 2.45) is 0 Å². The van der Waals surface area contributed by atoms with E-state index in [0.717, 1.165) is 12.1 Å². The molecule has 8 nitrogen and oxygen atoms in total. The maximum absolute atomic E-state index is 10.3. The first-order valence-corrected chi connectivity index (χ1v) is 7.90. The molecule has 144 valence electrons. The maximum Gasteiger partial charge on any atom is 0.336 e. The number of rotatable bonds is 7. The van der Waals surface area contributed by atoms with E-state index >= 15 is 0 Å². The van der Waals surface area contributed by atoms with Crippen LogP contribution in [-0.4, -0.2) is 43.9 Å². The molecule has 0 saturated carbocycles. The van der Waals surface area contributed by atoms with E-state index in [1.165, 1.54) is 11.1 Å². The summed E-state index contributed by atoms with van der Waals surface area (Å²) in [6.45, 7) is 0. The third kappa shape index (κ3) is 7.57. The molecule has 0 aliphatic rings. The second-order valence-electron chi connectivity index (χ2n) is 5.84. The lowest BCUT2D eigenvalue weighted by Crippen LogP contribution is -2.42. The number of nitrogens with two attached hydrogens (primary N) is 1. The Morgan fingerprint density at radius 1 is 0.815 bits per heavy atom. The van der Waals surface area contributed by atoms with Gasteiger partial charge >= 0.3 is 17.9 Å². The molecule has 0 bridgehead atoms. The molecule has 0 aromatic heterocycles. The van der Waals surface area contributed by atoms with Gasteiger partial charge in [0.05, 0.1) is 12.8 Å². The molecule has 0 fully saturated rings. The van der Waals surface area contributed by atoms with Crippen molar-refractivity contribution >= 4 is 23.6 Å². The molecule has 0 aliphatic carbocycles. The van der Waals surface area contributed by atoms with Crippen molar-refractivity contribution in [1.82, 2.24) is 0 Å². The Labute approximate surface area is 155 Å². The number of carboxylic acids is 3. The van der Waals surface area contributed by atoms with E-state index in [0.29, 0.717) is 0 Å². The van der Waals surface area contributed by atoms with Crippen LogP contribution in [0.5, 0.6) is 0 Å². The summed E-state index contributed by atoms with van der Waals surface area (Å²) in [6, 6.07) is 18.4. The highest BCUT2D eigenvalue weighted by Gasteiger charge is 2.40. The van der Waals surface area contributed by atoms with Crippen LogP contribution in [0.25, 0.3) is 0 Å². The molecule has 2 aromatic rings. The van der Waals surface area contributed by atoms with Gasteiger partial charge in [0.1, 0.15) is 0 Å². The summed E-state index contributed by atoms with van der Waals surface area (Å²) < 4.78 is 0. The summed E-state index contributed by atoms with van der Waals surface area (Å²) in [5, 5.41) is 33.8. The fourth-order valence-electron chi connectivity index (χ4n) is 2.23. The van der Waals surface area contributed by atoms with Gasteiger partial charge in [-0.05, 0) is 23.6 Å². The molecule has 0 unspecified atom stereocenters. The minimum absolute atomic E-state index is 0.872. The van der Waals surface area contributed by atoms with Crippen molar-refractivity contribution in [2.45, 2.75) is 24.9 Å². The Balaban J connectivity index is 0.000000271. The Hall–Kier alpha value is -3.39. The molecule has 0 aliphatic heterocycles. The molecule has 2 rings (SSSR count). The Kier molecular flexibility index (Phi) is 7.96. The number of nitrogen functional groups attached to an aromatic ring is 1. The first-order valence-electron chi connectivity index (χ1n) is 7.90. The van der Waals surface area contributed by atoms with Gasteiger partial charge in [-0.1, -0.05) is 48.5 Å². The summed E-state index contributed by atoms with van der Waals surface area (Å²) in [5.74, 6) is -5.02. The average molecular weight is 375 g/mol. The SMILES string of the molecule is Nc1ccccc1Cc1ccccc1.O=C(O)CC(O)(CC(=O)O)C(=O)O. The van der Waals surface area contributed by atoms with Crippen LogP contribution < -0.4 is 5.73 Å². The van der Waals surface area contributed by atoms with E-state index in [1.807, 2.05) is 24.3 Å². The lowest BCUT2D eigenvalue weighted by Gasteiger charge is -2.18. The predicted molar refractivity (Wildman–Crippen MR) is 97.2 cm³/mol. The Morgan fingerprint density at radius 3 is 1.74 bits per heavy atom. The molecule has 0 amide bonds. The van der Waals surface area contributed by atoms with Crippen molar-refractivity contribution < 1.29 is 34.8 Å². The van der Waals surface area contributed by atoms with Crippen molar-refractivity contribution in [1.29, 1.82) is 0 Å². The number of aliphatic hydroxyl groups is 1. The predicted octanol–water partition coefficient (Wildman–Crippen LogP) is 1.61. The van der Waals surface area contributed by atoms with Crippen LogP contribution in [0, 0.1) is 0 Å². The minimum atomic E-state index is -2.74. The number of carbonyl (C=O) groups is 3. The van der Waals surface area contributed by atoms with Gasteiger partial charge in [0.15, 0.2) is 5.60 Å². The van der Waals surface area contributed by atoms with Gasteiger partial charge in [-0.25, -0.2) is 4.79 Å². The van der Waals surface area contributed by atoms with E-state index in [4.69, 9.17) is 26.2 Å². The highest BCUT2D eigenvalue weighted by molar-refractivity contribution is 5.88. The van der Waals surface area contributed by atoms with Crippen molar-refractivity contribution in [3.05, 3.63) is 65.7 Å². The molecule has 2 aromatic carbocycles. The van der Waals surface area contributed by atoms with Crippen LogP contribution >= 0.6 is 0 Å². The van der Waals surface area contributed by atoms with Crippen LogP contribution in [0.3, 0.4) is 0 Å². The van der Waals surface area contributed by atoms with E-state index in [9.17, 15) is 14.4 Å². The molecular weight excluding hydrogens is 354 g/mol. The fourth-order valence-corrected chi connectivity index (χ4v) is 2.23. The quantitative estimate of drug-likeness (QED) is 0.457. The van der Waals surface area contributed by atoms with Crippen molar-refractivity contribution in [3.63, 3.8) is 0 Å². The van der Waals surface area contributed by atoms with E-state index in [2.05, 4.69) is 30.3 Å². The Morgan fingerprint density at radius 2 is 1.30 bits per heavy atom. The highest BCUT2D eigenvalue weighted by Crippen LogP contribution is 2.16. The maximum atomic E-state index is 10.3. The molecule has 6 N–H and O–H groups in total. The van der Waals surface area contributed by atoms with E-state index in [-0.39, 0.29) is 0 Å². The van der Waals surface area contributed by atoms with Gasteiger partial charge in [0.25, 0.3) is 0 Å². The second-order valence-corrected chi connectivity index (χ2v) is 5.84. The lowest BCUT2D eigenvalue weighted by molar-refractivity contribution is -0.170. The molecular formula is C19H21NO7. The zero-order chi connectivity index (χ0) is 20.4. The van der Waals surface area contributed by atoms with E-state index in [1.54, 1.807) is 0 Å². The zero-order valence-electron chi connectivity index (χ0n) is 14.4. The summed E-state index contributed by atoms with van der Waals surface area (Å²) in [6.07, 6.45) is -1.38. The third-order valence-electron chi connectivity index (χ3n) is 3.58. The molecule has 0 heterocycles. The summed E-state index contributed by atoms with van der Waals surface area (Å²) in [7, 11) is 0. The third-order valence-corrected chi connectivity index (χ3v) is 3.58. The van der Waals surface area contributed by atoms with Gasteiger partial charge in [0, 0.05) is 5.69 Å². The molecule has 0 saturated heterocycles. The van der Waals surface area contributed by atoms with E-state index < -0.39 is 36.4 Å². The molecule has 0 spiro atoms. The van der Waals surface area contributed by atoms with Crippen LogP contribution in [0.1, 0.15) is 24.0 Å². The van der Waals surface area contributed by atoms with Gasteiger partial charge in [0.2, 0.25) is 0 Å². The van der Waals surface area contributed by atoms with Gasteiger partial charge < -0.3 is 26.2 Å². The smallest absolute Gasteiger partial charge is 0.336 e. The number of hydrogen-bond acceptors (Lipinski definition) is 5. The number of anilines is 1. The zero-order valence-corrected chi connectivity index (χ0v) is 14.4. The van der Waals surface area contributed by atoms with Crippen LogP contribution in [0.15, 0.2) is 54.6 Å². The number of aliphatic carboxylic acids is 3. The first kappa shape index (κ1) is 21.7. The van der Waals surface area contributed by atoms with Crippen LogP contribution in [0.2, 0.25) is 0 Å². The monoisotopic (exact) mass is 375 g/mol. The average Bonchev–Trinajstić information content (AvgIpc) is 2.57. The second kappa shape index (κ2) is 9.93. The molecule has 0 radical (unpaired) electrons. The lowest BCUT2D eigenvalue weighted by atomic mass is 9.96. The largest absolute Gasteiger partial charge is 0.481 e. The standard InChI is InChI=1S/C13H13N.C6H8O7/c14-13-9-5-4-8-12(13)10-11-6-2-1-3-7-11;7-3(8)1-6(13,5(11)12)2-4(9)10/h1-9H,10,14H2;13H,1-2H2,(H,7,8)(H,9,10)(H,11,12). The number of hydrogen-bond donors (Lipinski definition) is 5.